The van der Waals surface area contributed by atoms with Crippen molar-refractivity contribution in [3.05, 3.63) is 17.5 Å². The van der Waals surface area contributed by atoms with Crippen molar-refractivity contribution in [3.63, 3.8) is 0 Å². The van der Waals surface area contributed by atoms with Crippen LogP contribution in [-0.4, -0.2) is 40.6 Å². The lowest BCUT2D eigenvalue weighted by Crippen LogP contribution is -2.26. The average molecular weight is 198 g/mol. The lowest BCUT2D eigenvalue weighted by atomic mass is 10.3. The fourth-order valence-corrected chi connectivity index (χ4v) is 0.816. The number of nitrogens with zero attached hydrogens (tertiary/aromatic N) is 2. The zero-order valence-corrected chi connectivity index (χ0v) is 7.85. The number of carboxylic acid groups (broad SMARTS) is 1. The molecule has 0 spiro atoms. The first-order valence-electron chi connectivity index (χ1n) is 4.01. The van der Waals surface area contributed by atoms with Gasteiger partial charge in [0, 0.05) is 19.7 Å². The van der Waals surface area contributed by atoms with Crippen LogP contribution in [0.3, 0.4) is 0 Å². The van der Waals surface area contributed by atoms with Crippen LogP contribution in [0.5, 0.6) is 0 Å². The maximum Gasteiger partial charge on any atom is 0.374 e. The molecule has 0 saturated heterocycles. The number of carbonyl (C=O) groups excluding carboxylic acids is 1. The first-order valence-corrected chi connectivity index (χ1v) is 4.01. The normalized spacial score (nSPS) is 9.86. The third-order valence-corrected chi connectivity index (χ3v) is 1.76. The van der Waals surface area contributed by atoms with Crippen molar-refractivity contribution >= 4 is 11.9 Å². The van der Waals surface area contributed by atoms with E-state index in [9.17, 15) is 9.59 Å². The third kappa shape index (κ3) is 1.90. The SMILES string of the molecule is CCN(C)C(=O)c1cc(C(=O)O)on1. The summed E-state index contributed by atoms with van der Waals surface area (Å²) >= 11 is 0. The molecule has 1 amide bonds. The Morgan fingerprint density at radius 3 is 2.71 bits per heavy atom. The molecule has 0 radical (unpaired) electrons. The van der Waals surface area contributed by atoms with Gasteiger partial charge in [0.1, 0.15) is 0 Å². The second-order valence-corrected chi connectivity index (χ2v) is 2.70. The molecule has 0 fully saturated rings. The van der Waals surface area contributed by atoms with Crippen molar-refractivity contribution in [2.24, 2.45) is 0 Å². The summed E-state index contributed by atoms with van der Waals surface area (Å²) in [6.07, 6.45) is 0. The van der Waals surface area contributed by atoms with Gasteiger partial charge in [-0.05, 0) is 6.92 Å². The summed E-state index contributed by atoms with van der Waals surface area (Å²) < 4.78 is 4.44. The van der Waals surface area contributed by atoms with E-state index in [0.717, 1.165) is 6.07 Å². The molecule has 1 aromatic heterocycles. The van der Waals surface area contributed by atoms with Crippen molar-refractivity contribution in [1.82, 2.24) is 10.1 Å². The standard InChI is InChI=1S/C8H10N2O4/c1-3-10(2)7(11)5-4-6(8(12)13)14-9-5/h4H,3H2,1-2H3,(H,12,13). The van der Waals surface area contributed by atoms with E-state index >= 15 is 0 Å². The molecule has 0 aliphatic carbocycles. The molecule has 0 unspecified atom stereocenters. The van der Waals surface area contributed by atoms with Crippen LogP contribution in [0.4, 0.5) is 0 Å². The van der Waals surface area contributed by atoms with Crippen LogP contribution in [0.25, 0.3) is 0 Å². The number of aromatic carboxylic acids is 1. The largest absolute Gasteiger partial charge is 0.475 e. The van der Waals surface area contributed by atoms with Crippen molar-refractivity contribution in [3.8, 4) is 0 Å². The van der Waals surface area contributed by atoms with Gasteiger partial charge in [-0.3, -0.25) is 4.79 Å². The molecular formula is C8H10N2O4. The summed E-state index contributed by atoms with van der Waals surface area (Å²) in [7, 11) is 1.59. The van der Waals surface area contributed by atoms with Gasteiger partial charge in [-0.1, -0.05) is 5.16 Å². The molecule has 6 heteroatoms. The predicted molar refractivity (Wildman–Crippen MR) is 46.1 cm³/mol. The van der Waals surface area contributed by atoms with Gasteiger partial charge in [0.15, 0.2) is 5.69 Å². The van der Waals surface area contributed by atoms with E-state index < -0.39 is 5.97 Å². The number of carbonyl (C=O) groups is 2. The Morgan fingerprint density at radius 1 is 1.64 bits per heavy atom. The number of hydrogen-bond donors (Lipinski definition) is 1. The Kier molecular flexibility index (Phi) is 2.85. The maximum atomic E-state index is 11.4. The molecular weight excluding hydrogens is 188 g/mol. The zero-order chi connectivity index (χ0) is 10.7. The Hall–Kier alpha value is -1.85. The average Bonchev–Trinajstić information content (AvgIpc) is 2.64. The maximum absolute atomic E-state index is 11.4. The van der Waals surface area contributed by atoms with E-state index in [2.05, 4.69) is 9.68 Å². The molecule has 0 bridgehead atoms. The Balaban J connectivity index is 2.87. The minimum Gasteiger partial charge on any atom is -0.475 e. The van der Waals surface area contributed by atoms with Crippen LogP contribution >= 0.6 is 0 Å². The van der Waals surface area contributed by atoms with Crippen LogP contribution in [0.15, 0.2) is 10.6 Å². The van der Waals surface area contributed by atoms with E-state index in [1.807, 2.05) is 0 Å². The van der Waals surface area contributed by atoms with Gasteiger partial charge in [0.25, 0.3) is 5.91 Å². The first kappa shape index (κ1) is 10.2. The minimum atomic E-state index is -1.24. The van der Waals surface area contributed by atoms with Gasteiger partial charge < -0.3 is 14.5 Å². The Bertz CT molecular complexity index is 358. The highest BCUT2D eigenvalue weighted by atomic mass is 16.5. The lowest BCUT2D eigenvalue weighted by molar-refractivity contribution is 0.0649. The summed E-state index contributed by atoms with van der Waals surface area (Å²) in [5, 5.41) is 11.9. The van der Waals surface area contributed by atoms with Crippen molar-refractivity contribution in [2.45, 2.75) is 6.92 Å². The van der Waals surface area contributed by atoms with Gasteiger partial charge >= 0.3 is 5.97 Å². The van der Waals surface area contributed by atoms with E-state index in [-0.39, 0.29) is 17.4 Å². The number of carboxylic acids is 1. The quantitative estimate of drug-likeness (QED) is 0.762. The second-order valence-electron chi connectivity index (χ2n) is 2.70. The zero-order valence-electron chi connectivity index (χ0n) is 7.85. The third-order valence-electron chi connectivity index (χ3n) is 1.76. The molecule has 1 heterocycles. The van der Waals surface area contributed by atoms with Gasteiger partial charge in [0.05, 0.1) is 0 Å². The van der Waals surface area contributed by atoms with E-state index in [1.165, 1.54) is 4.90 Å². The number of rotatable bonds is 3. The van der Waals surface area contributed by atoms with Gasteiger partial charge in [-0.25, -0.2) is 4.79 Å². The number of aromatic nitrogens is 1. The Morgan fingerprint density at radius 2 is 2.29 bits per heavy atom. The molecule has 0 saturated carbocycles. The Labute approximate surface area is 80.1 Å². The lowest BCUT2D eigenvalue weighted by Gasteiger charge is -2.11. The highest BCUT2D eigenvalue weighted by Gasteiger charge is 2.18. The number of amides is 1. The first-order chi connectivity index (χ1) is 6.56. The van der Waals surface area contributed by atoms with Crippen molar-refractivity contribution in [2.75, 3.05) is 13.6 Å². The fourth-order valence-electron chi connectivity index (χ4n) is 0.816. The molecule has 6 nitrogen and oxygen atoms in total. The second kappa shape index (κ2) is 3.91. The molecule has 0 aliphatic rings. The van der Waals surface area contributed by atoms with Gasteiger partial charge in [-0.2, -0.15) is 0 Å². The molecule has 14 heavy (non-hydrogen) atoms. The van der Waals surface area contributed by atoms with E-state index in [4.69, 9.17) is 5.11 Å². The summed E-state index contributed by atoms with van der Waals surface area (Å²) in [6, 6.07) is 1.11. The van der Waals surface area contributed by atoms with Gasteiger partial charge in [-0.15, -0.1) is 0 Å². The number of hydrogen-bond acceptors (Lipinski definition) is 4. The fraction of sp³-hybridized carbons (Fsp3) is 0.375. The van der Waals surface area contributed by atoms with Crippen LogP contribution in [-0.2, 0) is 0 Å². The van der Waals surface area contributed by atoms with Crippen LogP contribution < -0.4 is 0 Å². The molecule has 1 N–H and O–H groups in total. The summed E-state index contributed by atoms with van der Waals surface area (Å²) in [5.74, 6) is -1.93. The summed E-state index contributed by atoms with van der Waals surface area (Å²) in [5.41, 5.74) is 0.00625. The highest BCUT2D eigenvalue weighted by molar-refractivity contribution is 5.94. The molecule has 0 aromatic carbocycles. The molecule has 1 aromatic rings. The molecule has 0 atom stereocenters. The topological polar surface area (TPSA) is 83.6 Å². The molecule has 0 aliphatic heterocycles. The molecule has 76 valence electrons. The van der Waals surface area contributed by atoms with E-state index in [1.54, 1.807) is 14.0 Å². The smallest absolute Gasteiger partial charge is 0.374 e. The summed E-state index contributed by atoms with van der Waals surface area (Å²) in [4.78, 5) is 23.2. The van der Waals surface area contributed by atoms with E-state index in [0.29, 0.717) is 6.54 Å². The van der Waals surface area contributed by atoms with Crippen molar-refractivity contribution < 1.29 is 19.2 Å². The van der Waals surface area contributed by atoms with Crippen LogP contribution in [0, 0.1) is 0 Å². The van der Waals surface area contributed by atoms with Crippen LogP contribution in [0.1, 0.15) is 28.0 Å². The minimum absolute atomic E-state index is 0.00625. The van der Waals surface area contributed by atoms with Gasteiger partial charge in [0.2, 0.25) is 5.76 Å². The monoisotopic (exact) mass is 198 g/mol. The predicted octanol–water partition coefficient (Wildman–Crippen LogP) is 0.465. The molecule has 1 rings (SSSR count). The van der Waals surface area contributed by atoms with Crippen LogP contribution in [0.2, 0.25) is 0 Å². The summed E-state index contributed by atoms with van der Waals surface area (Å²) in [6.45, 7) is 2.32. The highest BCUT2D eigenvalue weighted by Crippen LogP contribution is 2.05. The van der Waals surface area contributed by atoms with Crippen molar-refractivity contribution in [1.29, 1.82) is 0 Å².